The standard InChI is InChI=1S/C17H23N3O/c1-12-10-19-16(13(2)17(12)21-5)11-20(4)14(3)15-8-6-7-9-18-15/h6-10,14H,11H2,1-5H3. The number of nitrogens with zero attached hydrogens (tertiary/aromatic N) is 3. The van der Waals surface area contributed by atoms with E-state index in [0.29, 0.717) is 0 Å². The number of ether oxygens (including phenoxy) is 1. The number of rotatable bonds is 5. The van der Waals surface area contributed by atoms with Gasteiger partial charge in [0.05, 0.1) is 18.5 Å². The molecule has 0 radical (unpaired) electrons. The van der Waals surface area contributed by atoms with Gasteiger partial charge < -0.3 is 4.74 Å². The maximum atomic E-state index is 5.47. The largest absolute Gasteiger partial charge is 0.496 e. The second-order valence-electron chi connectivity index (χ2n) is 5.39. The molecule has 0 bridgehead atoms. The molecular formula is C17H23N3O. The minimum atomic E-state index is 0.236. The molecule has 4 nitrogen and oxygen atoms in total. The van der Waals surface area contributed by atoms with Crippen molar-refractivity contribution in [3.63, 3.8) is 0 Å². The molecule has 0 aromatic carbocycles. The third kappa shape index (κ3) is 3.39. The first-order chi connectivity index (χ1) is 10.0. The summed E-state index contributed by atoms with van der Waals surface area (Å²) in [7, 11) is 3.80. The van der Waals surface area contributed by atoms with Crippen LogP contribution in [0.3, 0.4) is 0 Å². The van der Waals surface area contributed by atoms with Crippen LogP contribution < -0.4 is 4.74 Å². The Hall–Kier alpha value is -1.94. The van der Waals surface area contributed by atoms with Crippen molar-refractivity contribution in [3.05, 3.63) is 53.1 Å². The van der Waals surface area contributed by atoms with E-state index < -0.39 is 0 Å². The lowest BCUT2D eigenvalue weighted by atomic mass is 10.1. The predicted molar refractivity (Wildman–Crippen MR) is 84.4 cm³/mol. The topological polar surface area (TPSA) is 38.2 Å². The van der Waals surface area contributed by atoms with Gasteiger partial charge in [0.2, 0.25) is 0 Å². The molecular weight excluding hydrogens is 262 g/mol. The molecule has 1 unspecified atom stereocenters. The zero-order valence-corrected chi connectivity index (χ0v) is 13.4. The number of hydrogen-bond acceptors (Lipinski definition) is 4. The summed E-state index contributed by atoms with van der Waals surface area (Å²) in [6.07, 6.45) is 3.71. The quantitative estimate of drug-likeness (QED) is 0.845. The Morgan fingerprint density at radius 2 is 2.00 bits per heavy atom. The van der Waals surface area contributed by atoms with Crippen LogP contribution in [0.1, 0.15) is 35.5 Å². The molecule has 0 N–H and O–H groups in total. The van der Waals surface area contributed by atoms with Crippen molar-refractivity contribution < 1.29 is 4.74 Å². The highest BCUT2D eigenvalue weighted by Gasteiger charge is 2.16. The van der Waals surface area contributed by atoms with Crippen LogP contribution in [-0.2, 0) is 6.54 Å². The summed E-state index contributed by atoms with van der Waals surface area (Å²) in [5.41, 5.74) is 4.29. The van der Waals surface area contributed by atoms with Crippen molar-refractivity contribution in [1.29, 1.82) is 0 Å². The summed E-state index contributed by atoms with van der Waals surface area (Å²) in [6, 6.07) is 6.24. The first-order valence-corrected chi connectivity index (χ1v) is 7.14. The summed E-state index contributed by atoms with van der Waals surface area (Å²) in [6.45, 7) is 7.00. The Morgan fingerprint density at radius 3 is 2.62 bits per heavy atom. The number of hydrogen-bond donors (Lipinski definition) is 0. The van der Waals surface area contributed by atoms with Crippen LogP contribution in [0.25, 0.3) is 0 Å². The Bertz CT molecular complexity index is 598. The maximum Gasteiger partial charge on any atom is 0.128 e. The van der Waals surface area contributed by atoms with Crippen molar-refractivity contribution in [2.24, 2.45) is 0 Å². The van der Waals surface area contributed by atoms with Crippen LogP contribution in [0.15, 0.2) is 30.6 Å². The molecule has 0 saturated heterocycles. The molecule has 2 heterocycles. The van der Waals surface area contributed by atoms with Gasteiger partial charge >= 0.3 is 0 Å². The smallest absolute Gasteiger partial charge is 0.128 e. The zero-order chi connectivity index (χ0) is 15.4. The molecule has 2 aromatic heterocycles. The lowest BCUT2D eigenvalue weighted by Gasteiger charge is -2.25. The number of aromatic nitrogens is 2. The molecule has 0 saturated carbocycles. The molecule has 112 valence electrons. The average molecular weight is 285 g/mol. The summed E-state index contributed by atoms with van der Waals surface area (Å²) < 4.78 is 5.47. The fourth-order valence-electron chi connectivity index (χ4n) is 2.45. The van der Waals surface area contributed by atoms with Crippen molar-refractivity contribution in [2.45, 2.75) is 33.4 Å². The third-order valence-corrected chi connectivity index (χ3v) is 3.93. The van der Waals surface area contributed by atoms with Gasteiger partial charge in [-0.15, -0.1) is 0 Å². The Morgan fingerprint density at radius 1 is 1.24 bits per heavy atom. The van der Waals surface area contributed by atoms with Crippen LogP contribution in [-0.4, -0.2) is 29.0 Å². The minimum absolute atomic E-state index is 0.236. The molecule has 4 heteroatoms. The average Bonchev–Trinajstić information content (AvgIpc) is 2.50. The van der Waals surface area contributed by atoms with Gasteiger partial charge in [0.1, 0.15) is 5.75 Å². The summed E-state index contributed by atoms with van der Waals surface area (Å²) in [4.78, 5) is 11.2. The molecule has 2 aromatic rings. The van der Waals surface area contributed by atoms with E-state index in [0.717, 1.165) is 34.8 Å². The number of aryl methyl sites for hydroxylation is 1. The first kappa shape index (κ1) is 15.4. The molecule has 0 aliphatic rings. The van der Waals surface area contributed by atoms with E-state index in [2.05, 4.69) is 41.8 Å². The Balaban J connectivity index is 2.18. The lowest BCUT2D eigenvalue weighted by Crippen LogP contribution is -2.23. The molecule has 0 fully saturated rings. The molecule has 0 spiro atoms. The summed E-state index contributed by atoms with van der Waals surface area (Å²) in [5, 5.41) is 0. The van der Waals surface area contributed by atoms with Crippen molar-refractivity contribution in [3.8, 4) is 5.75 Å². The van der Waals surface area contributed by atoms with E-state index in [1.165, 1.54) is 0 Å². The van der Waals surface area contributed by atoms with Crippen LogP contribution >= 0.6 is 0 Å². The highest BCUT2D eigenvalue weighted by molar-refractivity contribution is 5.41. The number of pyridine rings is 2. The molecule has 0 aliphatic heterocycles. The molecule has 2 rings (SSSR count). The normalized spacial score (nSPS) is 12.5. The second kappa shape index (κ2) is 6.68. The van der Waals surface area contributed by atoms with E-state index in [1.54, 1.807) is 7.11 Å². The van der Waals surface area contributed by atoms with Gasteiger partial charge in [-0.3, -0.25) is 14.9 Å². The zero-order valence-electron chi connectivity index (χ0n) is 13.4. The molecule has 0 amide bonds. The fraction of sp³-hybridized carbons (Fsp3) is 0.412. The Labute approximate surface area is 126 Å². The summed E-state index contributed by atoms with van der Waals surface area (Å²) >= 11 is 0. The van der Waals surface area contributed by atoms with Crippen LogP contribution in [0.4, 0.5) is 0 Å². The van der Waals surface area contributed by atoms with Gasteiger partial charge in [0.15, 0.2) is 0 Å². The highest BCUT2D eigenvalue weighted by Crippen LogP contribution is 2.26. The first-order valence-electron chi connectivity index (χ1n) is 7.14. The van der Waals surface area contributed by atoms with Crippen LogP contribution in [0, 0.1) is 13.8 Å². The molecule has 1 atom stereocenters. The van der Waals surface area contributed by atoms with Gasteiger partial charge in [0.25, 0.3) is 0 Å². The molecule has 21 heavy (non-hydrogen) atoms. The van der Waals surface area contributed by atoms with Crippen LogP contribution in [0.5, 0.6) is 5.75 Å². The van der Waals surface area contributed by atoms with Gasteiger partial charge in [-0.2, -0.15) is 0 Å². The van der Waals surface area contributed by atoms with Gasteiger partial charge in [-0.25, -0.2) is 0 Å². The van der Waals surface area contributed by atoms with Crippen molar-refractivity contribution in [1.82, 2.24) is 14.9 Å². The van der Waals surface area contributed by atoms with Crippen LogP contribution in [0.2, 0.25) is 0 Å². The Kier molecular flexibility index (Phi) is 4.91. The van der Waals surface area contributed by atoms with E-state index in [4.69, 9.17) is 4.74 Å². The second-order valence-corrected chi connectivity index (χ2v) is 5.39. The van der Waals surface area contributed by atoms with E-state index in [-0.39, 0.29) is 6.04 Å². The number of methoxy groups -OCH3 is 1. The molecule has 0 aliphatic carbocycles. The third-order valence-electron chi connectivity index (χ3n) is 3.93. The van der Waals surface area contributed by atoms with Gasteiger partial charge in [-0.1, -0.05) is 6.07 Å². The predicted octanol–water partition coefficient (Wildman–Crippen LogP) is 3.30. The van der Waals surface area contributed by atoms with Crippen molar-refractivity contribution >= 4 is 0 Å². The van der Waals surface area contributed by atoms with E-state index in [9.17, 15) is 0 Å². The monoisotopic (exact) mass is 285 g/mol. The SMILES string of the molecule is COc1c(C)cnc(CN(C)C(C)c2ccccn2)c1C. The van der Waals surface area contributed by atoms with E-state index in [1.807, 2.05) is 31.5 Å². The maximum absolute atomic E-state index is 5.47. The van der Waals surface area contributed by atoms with Gasteiger partial charge in [0, 0.05) is 36.1 Å². The lowest BCUT2D eigenvalue weighted by molar-refractivity contribution is 0.244. The van der Waals surface area contributed by atoms with E-state index >= 15 is 0 Å². The minimum Gasteiger partial charge on any atom is -0.496 e. The van der Waals surface area contributed by atoms with Gasteiger partial charge in [-0.05, 0) is 40.0 Å². The highest BCUT2D eigenvalue weighted by atomic mass is 16.5. The fourth-order valence-corrected chi connectivity index (χ4v) is 2.45. The summed E-state index contributed by atoms with van der Waals surface area (Å²) in [5.74, 6) is 0.930. The van der Waals surface area contributed by atoms with Crippen molar-refractivity contribution in [2.75, 3.05) is 14.2 Å².